The average molecular weight is 1170 g/mol. The molecular weight excluding hydrogens is 1090 g/mol. The fourth-order valence-electron chi connectivity index (χ4n) is 9.39. The lowest BCUT2D eigenvalue weighted by Crippen LogP contribution is -2.53. The first-order valence-corrected chi connectivity index (χ1v) is 28.4. The Hall–Kier alpha value is -7.48. The zero-order valence-corrected chi connectivity index (χ0v) is 50.5. The number of carbonyl (C=O) groups is 9. The summed E-state index contributed by atoms with van der Waals surface area (Å²) >= 11 is 0. The predicted octanol–water partition coefficient (Wildman–Crippen LogP) is 2.65. The lowest BCUT2D eigenvalue weighted by atomic mass is 10.1. The van der Waals surface area contributed by atoms with Gasteiger partial charge >= 0.3 is 29.8 Å². The van der Waals surface area contributed by atoms with Crippen molar-refractivity contribution in [1.82, 2.24) is 50.0 Å². The van der Waals surface area contributed by atoms with E-state index in [1.807, 2.05) is 45.0 Å². The molecule has 4 amide bonds. The minimum absolute atomic E-state index is 0.0308. The Bertz CT molecular complexity index is 2660. The molecule has 2 aliphatic rings. The summed E-state index contributed by atoms with van der Waals surface area (Å²) in [6.45, 7) is 18.1. The van der Waals surface area contributed by atoms with Crippen molar-refractivity contribution in [1.29, 1.82) is 0 Å². The van der Waals surface area contributed by atoms with Gasteiger partial charge in [-0.1, -0.05) is 30.3 Å². The van der Waals surface area contributed by atoms with Gasteiger partial charge < -0.3 is 54.8 Å². The largest absolute Gasteiger partial charge is 0.481 e. The van der Waals surface area contributed by atoms with Gasteiger partial charge in [0, 0.05) is 102 Å². The van der Waals surface area contributed by atoms with Gasteiger partial charge in [-0.15, -0.1) is 0 Å². The van der Waals surface area contributed by atoms with E-state index in [0.29, 0.717) is 55.4 Å². The Morgan fingerprint density at radius 3 is 1.71 bits per heavy atom. The fraction of sp³-hybridized carbons (Fsp3) is 0.593. The summed E-state index contributed by atoms with van der Waals surface area (Å²) in [7, 11) is 1.22. The van der Waals surface area contributed by atoms with Crippen molar-refractivity contribution in [2.24, 2.45) is 0 Å². The molecule has 1 aromatic heterocycles. The number of ether oxygens (including phenoxy) is 4. The third kappa shape index (κ3) is 24.4. The van der Waals surface area contributed by atoms with Crippen LogP contribution in [0.4, 0.5) is 5.69 Å². The van der Waals surface area contributed by atoms with E-state index >= 15 is 0 Å². The number of anilines is 1. The van der Waals surface area contributed by atoms with E-state index in [0.717, 1.165) is 5.56 Å². The summed E-state index contributed by atoms with van der Waals surface area (Å²) < 4.78 is 21.9. The number of aliphatic carboxylic acids is 1. The fourth-order valence-corrected chi connectivity index (χ4v) is 9.39. The van der Waals surface area contributed by atoms with Crippen LogP contribution in [0.2, 0.25) is 0 Å². The van der Waals surface area contributed by atoms with Gasteiger partial charge in [-0.3, -0.25) is 62.8 Å². The highest BCUT2D eigenvalue weighted by molar-refractivity contribution is 5.96. The number of methoxy groups -OCH3 is 1. The normalized spacial score (nSPS) is 16.7. The van der Waals surface area contributed by atoms with Crippen LogP contribution in [0.1, 0.15) is 109 Å². The highest BCUT2D eigenvalue weighted by atomic mass is 16.6. The number of imidazole rings is 1. The molecular formula is C59H87N11O14. The van der Waals surface area contributed by atoms with Gasteiger partial charge in [-0.25, -0.2) is 4.98 Å². The van der Waals surface area contributed by atoms with Crippen molar-refractivity contribution >= 4 is 59.2 Å². The number of fused-ring (bicyclic) bond motifs is 1. The highest BCUT2D eigenvalue weighted by Crippen LogP contribution is 2.27. The smallest absolute Gasteiger partial charge is 0.320 e. The van der Waals surface area contributed by atoms with Gasteiger partial charge in [0.1, 0.15) is 34.7 Å². The van der Waals surface area contributed by atoms with Crippen LogP contribution in [0, 0.1) is 0 Å². The number of carbonyl (C=O) groups excluding carboxylic acids is 8. The van der Waals surface area contributed by atoms with E-state index in [1.54, 1.807) is 103 Å². The molecule has 1 unspecified atom stereocenters. The molecule has 84 heavy (non-hydrogen) atoms. The first kappa shape index (κ1) is 67.3. The quantitative estimate of drug-likeness (QED) is 0.0518. The van der Waals surface area contributed by atoms with E-state index in [1.165, 1.54) is 12.0 Å². The standard InChI is InChI=1S/C59H87N11O14/c1-57(2,3)82-51(75)38-66-25-23-65(24-26-67(39-52(76)83-58(4,5)6)28-30-68(29-27-66)40-53(77)84-59(7,8)9)37-48(71)64-45(32-49(72)73)54(78)62-19-14-22-69-35-43-31-42(17-18-44(43)63-46(56(69)80)33-50(74)81-10)55(79)70(36-47-60-20-21-61-47)34-41-15-12-11-13-16-41/h11-13,15-18,20-21,31,45-46,63H,14,19,22-30,32-40H2,1-10H3,(H,60,61)(H,62,78)(H,64,71)(H,72,73)/t45-,46?/m0/s1. The number of aromatic nitrogens is 2. The van der Waals surface area contributed by atoms with E-state index in [-0.39, 0.29) is 97.3 Å². The average Bonchev–Trinajstić information content (AvgIpc) is 3.91. The number of rotatable bonds is 23. The summed E-state index contributed by atoms with van der Waals surface area (Å²) in [6.07, 6.45) is 2.41. The van der Waals surface area contributed by atoms with Crippen LogP contribution in [-0.4, -0.2) is 226 Å². The van der Waals surface area contributed by atoms with E-state index in [9.17, 15) is 48.3 Å². The molecule has 0 bridgehead atoms. The molecule has 0 spiro atoms. The summed E-state index contributed by atoms with van der Waals surface area (Å²) in [6, 6.07) is 12.0. The maximum Gasteiger partial charge on any atom is 0.320 e. The van der Waals surface area contributed by atoms with Crippen LogP contribution >= 0.6 is 0 Å². The maximum atomic E-state index is 14.3. The third-order valence-electron chi connectivity index (χ3n) is 13.2. The number of aromatic amines is 1. The monoisotopic (exact) mass is 1170 g/mol. The van der Waals surface area contributed by atoms with Gasteiger partial charge in [-0.2, -0.15) is 0 Å². The van der Waals surface area contributed by atoms with Crippen LogP contribution in [0.5, 0.6) is 0 Å². The van der Waals surface area contributed by atoms with Crippen LogP contribution in [0.3, 0.4) is 0 Å². The van der Waals surface area contributed by atoms with Gasteiger partial charge in [0.15, 0.2) is 0 Å². The zero-order chi connectivity index (χ0) is 61.8. The molecule has 0 radical (unpaired) electrons. The predicted molar refractivity (Wildman–Crippen MR) is 310 cm³/mol. The SMILES string of the molecule is COC(=O)CC1Nc2ccc(C(=O)N(Cc3ccccc3)Cc3ncc[nH]3)cc2CN(CCCNC(=O)[C@H](CC(=O)O)NC(=O)CN2CCN(CC(=O)OC(C)(C)C)CCN(CC(=O)OC(C)(C)C)CCN(CC(=O)OC(C)(C)C)CC2)C1=O. The lowest BCUT2D eigenvalue weighted by Gasteiger charge is -2.34. The van der Waals surface area contributed by atoms with Crippen molar-refractivity contribution < 1.29 is 67.2 Å². The van der Waals surface area contributed by atoms with Crippen molar-refractivity contribution in [3.8, 4) is 0 Å². The van der Waals surface area contributed by atoms with Gasteiger partial charge in [0.2, 0.25) is 17.7 Å². The van der Waals surface area contributed by atoms with Crippen molar-refractivity contribution in [2.75, 3.05) is 104 Å². The second-order valence-electron chi connectivity index (χ2n) is 24.0. The van der Waals surface area contributed by atoms with Gasteiger partial charge in [0.05, 0.1) is 52.7 Å². The third-order valence-corrected chi connectivity index (χ3v) is 13.2. The first-order valence-electron chi connectivity index (χ1n) is 28.4. The molecule has 1 fully saturated rings. The van der Waals surface area contributed by atoms with Crippen LogP contribution in [-0.2, 0) is 76.9 Å². The molecule has 25 nitrogen and oxygen atoms in total. The van der Waals surface area contributed by atoms with Crippen LogP contribution < -0.4 is 16.0 Å². The van der Waals surface area contributed by atoms with Crippen molar-refractivity contribution in [2.45, 2.75) is 130 Å². The van der Waals surface area contributed by atoms with E-state index in [2.05, 4.69) is 25.9 Å². The molecule has 0 aliphatic carbocycles. The molecule has 5 rings (SSSR count). The molecule has 3 heterocycles. The van der Waals surface area contributed by atoms with E-state index in [4.69, 9.17) is 18.9 Å². The number of esters is 4. The second-order valence-corrected chi connectivity index (χ2v) is 24.0. The number of carboxylic acid groups (broad SMARTS) is 1. The van der Waals surface area contributed by atoms with E-state index < -0.39 is 82.9 Å². The van der Waals surface area contributed by atoms with Crippen LogP contribution in [0.15, 0.2) is 60.9 Å². The molecule has 1 saturated heterocycles. The minimum atomic E-state index is -1.50. The molecule has 3 aromatic rings. The molecule has 2 atom stereocenters. The van der Waals surface area contributed by atoms with Crippen molar-refractivity contribution in [3.63, 3.8) is 0 Å². The number of hydrogen-bond donors (Lipinski definition) is 5. The number of amides is 4. The number of benzene rings is 2. The second kappa shape index (κ2) is 31.4. The highest BCUT2D eigenvalue weighted by Gasteiger charge is 2.33. The van der Waals surface area contributed by atoms with Gasteiger partial charge in [0.25, 0.3) is 5.91 Å². The molecule has 25 heteroatoms. The first-order chi connectivity index (χ1) is 39.5. The molecule has 462 valence electrons. The Labute approximate surface area is 492 Å². The number of H-pyrrole nitrogens is 1. The lowest BCUT2D eigenvalue weighted by molar-refractivity contribution is -0.158. The Morgan fingerprint density at radius 2 is 1.24 bits per heavy atom. The topological polar surface area (TPSA) is 295 Å². The summed E-state index contributed by atoms with van der Waals surface area (Å²) in [5, 5.41) is 18.4. The van der Waals surface area contributed by atoms with Gasteiger partial charge in [-0.05, 0) is 98.1 Å². The Balaban J connectivity index is 1.29. The van der Waals surface area contributed by atoms with Crippen LogP contribution in [0.25, 0.3) is 0 Å². The Morgan fingerprint density at radius 1 is 0.714 bits per heavy atom. The number of nitrogens with zero attached hydrogens (tertiary/aromatic N) is 7. The minimum Gasteiger partial charge on any atom is -0.481 e. The summed E-state index contributed by atoms with van der Waals surface area (Å²) in [5.41, 5.74) is 0.141. The zero-order valence-electron chi connectivity index (χ0n) is 50.5. The molecule has 5 N–H and O–H groups in total. The maximum absolute atomic E-state index is 14.3. The summed E-state index contributed by atoms with van der Waals surface area (Å²) in [5.74, 6) is -4.93. The Kier molecular flexibility index (Phi) is 25.2. The molecule has 2 aliphatic heterocycles. The molecule has 0 saturated carbocycles. The van der Waals surface area contributed by atoms with Crippen molar-refractivity contribution in [3.05, 3.63) is 83.4 Å². The number of nitrogens with one attached hydrogen (secondary N) is 4. The molecule has 2 aromatic carbocycles. The number of carboxylic acids is 1. The number of hydrogen-bond acceptors (Lipinski definition) is 19. The summed E-state index contributed by atoms with van der Waals surface area (Å²) in [4.78, 5) is 138.